The molecule has 6 nitrogen and oxygen atoms in total. The molecule has 0 spiro atoms. The summed E-state index contributed by atoms with van der Waals surface area (Å²) >= 11 is 0. The largest absolute Gasteiger partial charge is 0.462 e. The van der Waals surface area contributed by atoms with Crippen LogP contribution in [0.15, 0.2) is 48.6 Å². The summed E-state index contributed by atoms with van der Waals surface area (Å²) in [4.78, 5) is 38.2. The first-order chi connectivity index (χ1) is 34.5. The van der Waals surface area contributed by atoms with Crippen molar-refractivity contribution < 1.29 is 28.6 Å². The first-order valence-corrected chi connectivity index (χ1v) is 30.6. The molecule has 0 N–H and O–H groups in total. The van der Waals surface area contributed by atoms with Crippen LogP contribution in [-0.2, 0) is 28.6 Å². The summed E-state index contributed by atoms with van der Waals surface area (Å²) in [7, 11) is 0. The Labute approximate surface area is 435 Å². The molecule has 0 aliphatic heterocycles. The van der Waals surface area contributed by atoms with Crippen molar-refractivity contribution >= 4 is 17.9 Å². The van der Waals surface area contributed by atoms with Crippen molar-refractivity contribution in [1.82, 2.24) is 0 Å². The van der Waals surface area contributed by atoms with Gasteiger partial charge in [-0.2, -0.15) is 0 Å². The van der Waals surface area contributed by atoms with Crippen molar-refractivity contribution in [3.63, 3.8) is 0 Å². The summed E-state index contributed by atoms with van der Waals surface area (Å²) in [5.41, 5.74) is 0. The molecule has 1 unspecified atom stereocenters. The van der Waals surface area contributed by atoms with E-state index >= 15 is 0 Å². The van der Waals surface area contributed by atoms with E-state index in [4.69, 9.17) is 14.2 Å². The van der Waals surface area contributed by atoms with Crippen LogP contribution in [-0.4, -0.2) is 37.2 Å². The first kappa shape index (κ1) is 67.4. The lowest BCUT2D eigenvalue weighted by atomic mass is 10.1. The fourth-order valence-corrected chi connectivity index (χ4v) is 8.94. The quantitative estimate of drug-likeness (QED) is 0.0261. The zero-order valence-electron chi connectivity index (χ0n) is 46.8. The van der Waals surface area contributed by atoms with E-state index in [9.17, 15) is 14.4 Å². The Kier molecular flexibility index (Phi) is 56.7. The molecule has 6 heteroatoms. The molecule has 0 amide bonds. The molecule has 408 valence electrons. The molecular weight excluding hydrogens is 865 g/mol. The Balaban J connectivity index is 4.35. The minimum absolute atomic E-state index is 0.0779. The van der Waals surface area contributed by atoms with Crippen LogP contribution in [0, 0.1) is 0 Å². The lowest BCUT2D eigenvalue weighted by molar-refractivity contribution is -0.167. The highest BCUT2D eigenvalue weighted by Gasteiger charge is 2.19. The Hall–Kier alpha value is -2.63. The SMILES string of the molecule is CC/C=C\C/C=C\CCCCCCCCCC(=O)OCC(COC(=O)CCCCCCCCC/C=C\CCCCCCCCCC)OC(=O)CCCCCCCCC/C=C\CCCCCCCCCC. The van der Waals surface area contributed by atoms with Gasteiger partial charge < -0.3 is 14.2 Å². The van der Waals surface area contributed by atoms with Crippen LogP contribution in [0.4, 0.5) is 0 Å². The van der Waals surface area contributed by atoms with E-state index in [1.165, 1.54) is 205 Å². The lowest BCUT2D eigenvalue weighted by Gasteiger charge is -2.18. The van der Waals surface area contributed by atoms with Gasteiger partial charge in [0, 0.05) is 19.3 Å². The highest BCUT2D eigenvalue weighted by molar-refractivity contribution is 5.71. The zero-order valence-corrected chi connectivity index (χ0v) is 46.8. The van der Waals surface area contributed by atoms with Gasteiger partial charge >= 0.3 is 17.9 Å². The summed E-state index contributed by atoms with van der Waals surface area (Å²) in [6, 6.07) is 0. The van der Waals surface area contributed by atoms with E-state index in [1.54, 1.807) is 0 Å². The Morgan fingerprint density at radius 1 is 0.300 bits per heavy atom. The van der Waals surface area contributed by atoms with Crippen LogP contribution in [0.25, 0.3) is 0 Å². The Morgan fingerprint density at radius 3 is 0.871 bits per heavy atom. The summed E-state index contributed by atoms with van der Waals surface area (Å²) in [6.45, 7) is 6.56. The van der Waals surface area contributed by atoms with E-state index in [0.29, 0.717) is 19.3 Å². The third-order valence-electron chi connectivity index (χ3n) is 13.5. The average molecular weight is 982 g/mol. The van der Waals surface area contributed by atoms with Crippen molar-refractivity contribution in [3.05, 3.63) is 48.6 Å². The van der Waals surface area contributed by atoms with Crippen LogP contribution >= 0.6 is 0 Å². The first-order valence-electron chi connectivity index (χ1n) is 30.6. The molecule has 0 aromatic heterocycles. The third kappa shape index (κ3) is 56.3. The van der Waals surface area contributed by atoms with Crippen LogP contribution in [0.3, 0.4) is 0 Å². The van der Waals surface area contributed by atoms with Gasteiger partial charge in [-0.05, 0) is 96.3 Å². The number of esters is 3. The molecule has 0 bridgehead atoms. The normalized spacial score (nSPS) is 12.3. The van der Waals surface area contributed by atoms with Crippen molar-refractivity contribution in [2.75, 3.05) is 13.2 Å². The number of unbranched alkanes of at least 4 members (excludes halogenated alkanes) is 37. The maximum Gasteiger partial charge on any atom is 0.306 e. The number of hydrogen-bond acceptors (Lipinski definition) is 6. The second-order valence-corrected chi connectivity index (χ2v) is 20.6. The van der Waals surface area contributed by atoms with Crippen LogP contribution in [0.1, 0.15) is 323 Å². The molecule has 0 aromatic rings. The molecule has 0 aromatic carbocycles. The monoisotopic (exact) mass is 981 g/mol. The van der Waals surface area contributed by atoms with Gasteiger partial charge in [-0.15, -0.1) is 0 Å². The summed E-state index contributed by atoms with van der Waals surface area (Å²) in [5, 5.41) is 0. The Morgan fingerprint density at radius 2 is 0.557 bits per heavy atom. The molecule has 0 rings (SSSR count). The lowest BCUT2D eigenvalue weighted by Crippen LogP contribution is -2.30. The predicted octanol–water partition coefficient (Wildman–Crippen LogP) is 20.6. The van der Waals surface area contributed by atoms with Crippen LogP contribution in [0.2, 0.25) is 0 Å². The molecule has 0 heterocycles. The zero-order chi connectivity index (χ0) is 50.7. The maximum atomic E-state index is 12.9. The van der Waals surface area contributed by atoms with E-state index < -0.39 is 6.10 Å². The predicted molar refractivity (Wildman–Crippen MR) is 302 cm³/mol. The van der Waals surface area contributed by atoms with Crippen molar-refractivity contribution in [1.29, 1.82) is 0 Å². The molecule has 0 radical (unpaired) electrons. The average Bonchev–Trinajstić information content (AvgIpc) is 3.36. The minimum atomic E-state index is -0.780. The van der Waals surface area contributed by atoms with Gasteiger partial charge in [0.1, 0.15) is 13.2 Å². The van der Waals surface area contributed by atoms with Crippen molar-refractivity contribution in [2.45, 2.75) is 329 Å². The highest BCUT2D eigenvalue weighted by atomic mass is 16.6. The van der Waals surface area contributed by atoms with Gasteiger partial charge in [0.25, 0.3) is 0 Å². The Bertz CT molecular complexity index is 1220. The number of carbonyl (C=O) groups excluding carboxylic acids is 3. The maximum absolute atomic E-state index is 12.9. The second-order valence-electron chi connectivity index (χ2n) is 20.6. The smallest absolute Gasteiger partial charge is 0.306 e. The number of hydrogen-bond donors (Lipinski definition) is 0. The van der Waals surface area contributed by atoms with Crippen LogP contribution < -0.4 is 0 Å². The van der Waals surface area contributed by atoms with E-state index in [-0.39, 0.29) is 31.1 Å². The van der Waals surface area contributed by atoms with Crippen molar-refractivity contribution in [2.24, 2.45) is 0 Å². The van der Waals surface area contributed by atoms with Gasteiger partial charge in [-0.3, -0.25) is 14.4 Å². The molecule has 70 heavy (non-hydrogen) atoms. The molecule has 0 saturated heterocycles. The molecule has 0 fully saturated rings. The molecular formula is C64H116O6. The topological polar surface area (TPSA) is 78.9 Å². The van der Waals surface area contributed by atoms with E-state index in [2.05, 4.69) is 69.4 Å². The summed E-state index contributed by atoms with van der Waals surface area (Å²) < 4.78 is 16.9. The number of rotatable bonds is 56. The summed E-state index contributed by atoms with van der Waals surface area (Å²) in [5.74, 6) is -0.878. The molecule has 0 aliphatic carbocycles. The number of allylic oxidation sites excluding steroid dienone is 8. The molecule has 1 atom stereocenters. The van der Waals surface area contributed by atoms with Gasteiger partial charge in [0.15, 0.2) is 6.10 Å². The van der Waals surface area contributed by atoms with Crippen LogP contribution in [0.5, 0.6) is 0 Å². The van der Waals surface area contributed by atoms with Gasteiger partial charge in [0.2, 0.25) is 0 Å². The third-order valence-corrected chi connectivity index (χ3v) is 13.5. The van der Waals surface area contributed by atoms with E-state index in [0.717, 1.165) is 77.0 Å². The molecule has 0 saturated carbocycles. The minimum Gasteiger partial charge on any atom is -0.462 e. The number of carbonyl (C=O) groups is 3. The summed E-state index contributed by atoms with van der Waals surface area (Å²) in [6.07, 6.45) is 72.5. The fourth-order valence-electron chi connectivity index (χ4n) is 8.94. The van der Waals surface area contributed by atoms with Gasteiger partial charge in [-0.25, -0.2) is 0 Å². The second kappa shape index (κ2) is 58.9. The van der Waals surface area contributed by atoms with Gasteiger partial charge in [0.05, 0.1) is 0 Å². The number of ether oxygens (including phenoxy) is 3. The standard InChI is InChI=1S/C64H116O6/c1-4-7-10-13-16-19-22-25-28-30-32-34-36-39-42-45-48-51-54-57-63(66)69-60-61(59-68-62(65)56-53-50-47-44-41-38-27-24-21-18-15-12-9-6-3)70-64(67)58-55-52-49-46-43-40-37-35-33-31-29-26-23-20-17-14-11-8-5-2/h9,12,18,21,30-33,61H,4-8,10-11,13-17,19-20,22-29,34-60H2,1-3H3/b12-9-,21-18-,32-30-,33-31-. The van der Waals surface area contributed by atoms with Gasteiger partial charge in [-0.1, -0.05) is 256 Å². The fraction of sp³-hybridized carbons (Fsp3) is 0.828. The highest BCUT2D eigenvalue weighted by Crippen LogP contribution is 2.16. The van der Waals surface area contributed by atoms with E-state index in [1.807, 2.05) is 0 Å². The molecule has 0 aliphatic rings. The van der Waals surface area contributed by atoms with Crippen molar-refractivity contribution in [3.8, 4) is 0 Å².